The Hall–Kier alpha value is -4.35. The summed E-state index contributed by atoms with van der Waals surface area (Å²) >= 11 is 2.29. The summed E-state index contributed by atoms with van der Waals surface area (Å²) in [5.74, 6) is -4.60. The van der Waals surface area contributed by atoms with Crippen molar-refractivity contribution < 1.29 is 48.9 Å². The number of fused-ring (bicyclic) bond motifs is 1. The minimum absolute atomic E-state index is 0.00578. The van der Waals surface area contributed by atoms with Gasteiger partial charge in [0, 0.05) is 23.1 Å². The molecule has 3 heterocycles. The summed E-state index contributed by atoms with van der Waals surface area (Å²) in [6.45, 7) is 3.31. The number of carbonyl (C=O) groups excluding carboxylic acids is 3. The monoisotopic (exact) mass is 648 g/mol. The van der Waals surface area contributed by atoms with Gasteiger partial charge in [0.1, 0.15) is 23.7 Å². The van der Waals surface area contributed by atoms with Crippen LogP contribution in [0.4, 0.5) is 5.13 Å². The molecule has 2 amide bonds. The van der Waals surface area contributed by atoms with Gasteiger partial charge < -0.3 is 45.6 Å². The first-order chi connectivity index (χ1) is 20.5. The number of anilines is 1. The number of nitrogens with one attached hydrogen (secondary N) is 1. The van der Waals surface area contributed by atoms with Crippen LogP contribution in [0.3, 0.4) is 0 Å². The Bertz CT molecular complexity index is 1570. The molecule has 15 nitrogen and oxygen atoms in total. The summed E-state index contributed by atoms with van der Waals surface area (Å²) in [5.41, 5.74) is 4.55. The number of benzene rings is 1. The van der Waals surface area contributed by atoms with E-state index in [9.17, 15) is 39.6 Å². The van der Waals surface area contributed by atoms with Gasteiger partial charge in [-0.1, -0.05) is 11.2 Å². The molecular weight excluding hydrogens is 616 g/mol. The lowest BCUT2D eigenvalue weighted by Crippen LogP contribution is -2.71. The van der Waals surface area contributed by atoms with E-state index in [0.717, 1.165) is 21.8 Å². The van der Waals surface area contributed by atoms with E-state index in [-0.39, 0.29) is 40.3 Å². The smallest absolute Gasteiger partial charge is 0.350 e. The van der Waals surface area contributed by atoms with E-state index in [1.54, 1.807) is 6.07 Å². The van der Waals surface area contributed by atoms with Gasteiger partial charge in [0.15, 0.2) is 22.3 Å². The molecule has 0 bridgehead atoms. The van der Waals surface area contributed by atoms with Crippen LogP contribution in [-0.4, -0.2) is 109 Å². The number of likely N-dealkylation sites (N-methyl/N-ethyl adjacent to an activating group) is 1. The third kappa shape index (κ3) is 6.89. The zero-order chi connectivity index (χ0) is 32.6. The standard InChI is InChI=1S/C27H32N6O9S2/c1-27(2,25(40)41)42-31-18(15-12-44-26(28)29-15)21(36)30-19-22(37)32-20(24(38)39)14(11-43-23(19)32)10-33(3,4)8-7-13-5-6-16(34)17(35)9-13/h5-6,9,12,19,23H,7-8,10-11H2,1-4H3,(H6-,28,29,30,31,34,35,36,38,39,40,41). The molecule has 0 spiro atoms. The summed E-state index contributed by atoms with van der Waals surface area (Å²) in [4.78, 5) is 60.4. The highest BCUT2D eigenvalue weighted by Crippen LogP contribution is 2.40. The van der Waals surface area contributed by atoms with E-state index in [2.05, 4.69) is 15.5 Å². The molecule has 44 heavy (non-hydrogen) atoms. The number of aromatic nitrogens is 1. The number of thiazole rings is 1. The lowest BCUT2D eigenvalue weighted by Gasteiger charge is -2.51. The molecule has 0 aliphatic carbocycles. The van der Waals surface area contributed by atoms with Crippen LogP contribution in [0.5, 0.6) is 11.5 Å². The molecule has 2 aliphatic heterocycles. The van der Waals surface area contributed by atoms with Crippen molar-refractivity contribution in [3.8, 4) is 11.5 Å². The number of nitrogen functional groups attached to an aromatic ring is 1. The third-order valence-corrected chi connectivity index (χ3v) is 9.07. The molecule has 2 atom stereocenters. The van der Waals surface area contributed by atoms with Crippen LogP contribution in [0.25, 0.3) is 0 Å². The summed E-state index contributed by atoms with van der Waals surface area (Å²) < 4.78 is 0.352. The number of β-lactam (4-membered cyclic amide) rings is 1. The van der Waals surface area contributed by atoms with Gasteiger partial charge in [0.2, 0.25) is 5.60 Å². The van der Waals surface area contributed by atoms with Crippen molar-refractivity contribution in [3.05, 3.63) is 46.1 Å². The second-order valence-electron chi connectivity index (χ2n) is 11.4. The van der Waals surface area contributed by atoms with Gasteiger partial charge in [-0.15, -0.1) is 23.1 Å². The number of phenols is 2. The maximum Gasteiger partial charge on any atom is 0.350 e. The number of rotatable bonds is 12. The zero-order valence-electron chi connectivity index (χ0n) is 24.3. The highest BCUT2D eigenvalue weighted by molar-refractivity contribution is 8.00. The summed E-state index contributed by atoms with van der Waals surface area (Å²) in [7, 11) is 3.80. The molecule has 6 N–H and O–H groups in total. The van der Waals surface area contributed by atoms with Crippen LogP contribution < -0.4 is 16.2 Å². The Morgan fingerprint density at radius 3 is 2.57 bits per heavy atom. The van der Waals surface area contributed by atoms with Crippen LogP contribution in [0.15, 0.2) is 40.0 Å². The number of oxime groups is 1. The highest BCUT2D eigenvalue weighted by Gasteiger charge is 2.53. The third-order valence-electron chi connectivity index (χ3n) is 7.05. The van der Waals surface area contributed by atoms with Crippen LogP contribution in [0, 0.1) is 0 Å². The Kier molecular flexibility index (Phi) is 9.13. The Labute approximate surface area is 260 Å². The van der Waals surface area contributed by atoms with Crippen molar-refractivity contribution in [2.24, 2.45) is 5.16 Å². The molecule has 236 valence electrons. The largest absolute Gasteiger partial charge is 0.543 e. The van der Waals surface area contributed by atoms with Crippen molar-refractivity contribution in [3.63, 3.8) is 0 Å². The summed E-state index contributed by atoms with van der Waals surface area (Å²) in [5, 5.41) is 48.0. The Morgan fingerprint density at radius 1 is 1.27 bits per heavy atom. The molecule has 2 unspecified atom stereocenters. The van der Waals surface area contributed by atoms with E-state index >= 15 is 0 Å². The Morgan fingerprint density at radius 2 is 1.98 bits per heavy atom. The SMILES string of the molecule is CC(C)(O/N=C(\C(=O)NC1C(=O)N2C(C(=O)[O-])=C(C[N+](C)(C)CCc3ccc(O)c(O)c3)CSC12)c1csc(N)n1)C(=O)O. The summed E-state index contributed by atoms with van der Waals surface area (Å²) in [6, 6.07) is 3.44. The first-order valence-corrected chi connectivity index (χ1v) is 15.2. The van der Waals surface area contributed by atoms with Gasteiger partial charge in [-0.2, -0.15) is 0 Å². The molecule has 17 heteroatoms. The number of hydrogen-bond acceptors (Lipinski definition) is 13. The first kappa shape index (κ1) is 32.6. The summed E-state index contributed by atoms with van der Waals surface area (Å²) in [6.07, 6.45) is 0.531. The van der Waals surface area contributed by atoms with Crippen molar-refractivity contribution in [2.75, 3.05) is 38.7 Å². The lowest BCUT2D eigenvalue weighted by atomic mass is 10.0. The van der Waals surface area contributed by atoms with Crippen molar-refractivity contribution in [2.45, 2.75) is 37.3 Å². The number of thioether (sulfide) groups is 1. The normalized spacial score (nSPS) is 18.9. The second kappa shape index (κ2) is 12.3. The number of quaternary nitrogens is 1. The maximum atomic E-state index is 13.3. The maximum absolute atomic E-state index is 13.3. The average Bonchev–Trinajstić information content (AvgIpc) is 3.37. The van der Waals surface area contributed by atoms with Crippen LogP contribution in [0.2, 0.25) is 0 Å². The van der Waals surface area contributed by atoms with Crippen LogP contribution >= 0.6 is 23.1 Å². The topological polar surface area (TPSA) is 228 Å². The number of carboxylic acid groups (broad SMARTS) is 2. The van der Waals surface area contributed by atoms with Crippen LogP contribution in [-0.2, 0) is 30.4 Å². The fourth-order valence-corrected chi connectivity index (χ4v) is 6.44. The van der Waals surface area contributed by atoms with Crippen molar-refractivity contribution in [1.82, 2.24) is 15.2 Å². The van der Waals surface area contributed by atoms with E-state index in [0.29, 0.717) is 23.0 Å². The highest BCUT2D eigenvalue weighted by atomic mass is 32.2. The fraction of sp³-hybridized carbons (Fsp3) is 0.407. The number of aliphatic carboxylic acids is 2. The molecule has 1 saturated heterocycles. The molecule has 0 radical (unpaired) electrons. The van der Waals surface area contributed by atoms with Gasteiger partial charge in [-0.25, -0.2) is 9.78 Å². The lowest BCUT2D eigenvalue weighted by molar-refractivity contribution is -0.885. The Balaban J connectivity index is 1.49. The number of hydrogen-bond donors (Lipinski definition) is 5. The molecule has 2 aromatic rings. The second-order valence-corrected chi connectivity index (χ2v) is 13.4. The van der Waals surface area contributed by atoms with Gasteiger partial charge in [-0.05, 0) is 31.5 Å². The number of amides is 2. The first-order valence-electron chi connectivity index (χ1n) is 13.2. The predicted molar refractivity (Wildman–Crippen MR) is 158 cm³/mol. The number of phenolic OH excluding ortho intramolecular Hbond substituents is 2. The quantitative estimate of drug-likeness (QED) is 0.0642. The molecule has 4 rings (SSSR count). The minimum Gasteiger partial charge on any atom is -0.543 e. The van der Waals surface area contributed by atoms with Crippen molar-refractivity contribution in [1.29, 1.82) is 0 Å². The van der Waals surface area contributed by atoms with Gasteiger partial charge in [-0.3, -0.25) is 14.5 Å². The predicted octanol–water partition coefficient (Wildman–Crippen LogP) is -0.557. The number of carboxylic acids is 2. The molecular formula is C27H32N6O9S2. The molecule has 1 fully saturated rings. The molecule has 0 saturated carbocycles. The minimum atomic E-state index is -1.78. The fourth-order valence-electron chi connectivity index (χ4n) is 4.55. The van der Waals surface area contributed by atoms with Crippen LogP contribution in [0.1, 0.15) is 25.1 Å². The zero-order valence-corrected chi connectivity index (χ0v) is 25.9. The van der Waals surface area contributed by atoms with Gasteiger partial charge in [0.05, 0.1) is 32.3 Å². The molecule has 1 aromatic carbocycles. The number of nitrogens with zero attached hydrogens (tertiary/aromatic N) is 4. The van der Waals surface area contributed by atoms with Gasteiger partial charge in [0.25, 0.3) is 11.8 Å². The molecule has 1 aromatic heterocycles. The van der Waals surface area contributed by atoms with E-state index in [1.807, 2.05) is 14.1 Å². The number of nitrogens with two attached hydrogens (primary N) is 1. The van der Waals surface area contributed by atoms with E-state index in [1.165, 1.54) is 43.1 Å². The van der Waals surface area contributed by atoms with Gasteiger partial charge >= 0.3 is 5.97 Å². The van der Waals surface area contributed by atoms with Crippen molar-refractivity contribution >= 4 is 57.7 Å². The number of aromatic hydroxyl groups is 2. The molecule has 2 aliphatic rings. The average molecular weight is 649 g/mol. The van der Waals surface area contributed by atoms with E-state index in [4.69, 9.17) is 10.6 Å². The van der Waals surface area contributed by atoms with E-state index < -0.39 is 46.5 Å². The number of carbonyl (C=O) groups is 4.